The Balaban J connectivity index is 1.99. The summed E-state index contributed by atoms with van der Waals surface area (Å²) in [6.45, 7) is 4.19. The molecule has 0 aromatic rings. The molecule has 0 saturated carbocycles. The topological polar surface area (TPSA) is 21.3 Å². The average Bonchev–Trinajstić information content (AvgIpc) is 2.37. The number of halogens is 1. The van der Waals surface area contributed by atoms with Gasteiger partial charge in [0, 0.05) is 18.4 Å². The molecule has 0 bridgehead atoms. The second-order valence-corrected chi connectivity index (χ2v) is 3.83. The standard InChI is InChI=1S/C8H16BrNO/c1-7-2-3-8(11-7)6-10-5-4-9/h7-8,10H,2-6H2,1H3. The van der Waals surface area contributed by atoms with E-state index in [4.69, 9.17) is 4.74 Å². The Morgan fingerprint density at radius 2 is 2.36 bits per heavy atom. The van der Waals surface area contributed by atoms with Crippen LogP contribution in [-0.4, -0.2) is 30.6 Å². The summed E-state index contributed by atoms with van der Waals surface area (Å²) in [6.07, 6.45) is 3.38. The maximum atomic E-state index is 5.63. The molecule has 1 fully saturated rings. The molecule has 0 radical (unpaired) electrons. The predicted octanol–water partition coefficient (Wildman–Crippen LogP) is 1.54. The van der Waals surface area contributed by atoms with Crippen molar-refractivity contribution in [3.05, 3.63) is 0 Å². The number of hydrogen-bond acceptors (Lipinski definition) is 2. The van der Waals surface area contributed by atoms with Crippen LogP contribution in [0.15, 0.2) is 0 Å². The van der Waals surface area contributed by atoms with E-state index in [1.165, 1.54) is 12.8 Å². The maximum Gasteiger partial charge on any atom is 0.0704 e. The van der Waals surface area contributed by atoms with Crippen LogP contribution in [-0.2, 0) is 4.74 Å². The number of alkyl halides is 1. The van der Waals surface area contributed by atoms with Gasteiger partial charge in [-0.1, -0.05) is 15.9 Å². The van der Waals surface area contributed by atoms with Crippen molar-refractivity contribution in [2.45, 2.75) is 32.0 Å². The van der Waals surface area contributed by atoms with E-state index in [1.807, 2.05) is 0 Å². The van der Waals surface area contributed by atoms with Gasteiger partial charge in [0.25, 0.3) is 0 Å². The highest BCUT2D eigenvalue weighted by Gasteiger charge is 2.20. The second-order valence-electron chi connectivity index (χ2n) is 3.04. The van der Waals surface area contributed by atoms with Crippen molar-refractivity contribution < 1.29 is 4.74 Å². The Morgan fingerprint density at radius 3 is 2.91 bits per heavy atom. The van der Waals surface area contributed by atoms with Gasteiger partial charge in [0.1, 0.15) is 0 Å². The third-order valence-corrected chi connectivity index (χ3v) is 2.36. The zero-order chi connectivity index (χ0) is 8.10. The molecule has 11 heavy (non-hydrogen) atoms. The maximum absolute atomic E-state index is 5.63. The Hall–Kier alpha value is 0.400. The van der Waals surface area contributed by atoms with Crippen LogP contribution in [0.1, 0.15) is 19.8 Å². The van der Waals surface area contributed by atoms with Gasteiger partial charge in [0.15, 0.2) is 0 Å². The Bertz CT molecular complexity index is 110. The smallest absolute Gasteiger partial charge is 0.0704 e. The van der Waals surface area contributed by atoms with Crippen LogP contribution < -0.4 is 5.32 Å². The van der Waals surface area contributed by atoms with E-state index < -0.39 is 0 Å². The lowest BCUT2D eigenvalue weighted by Gasteiger charge is -2.10. The van der Waals surface area contributed by atoms with E-state index in [1.54, 1.807) is 0 Å². The van der Waals surface area contributed by atoms with Gasteiger partial charge in [0.05, 0.1) is 12.2 Å². The van der Waals surface area contributed by atoms with E-state index in [2.05, 4.69) is 28.2 Å². The molecule has 0 aromatic carbocycles. The zero-order valence-corrected chi connectivity index (χ0v) is 8.56. The van der Waals surface area contributed by atoms with Crippen LogP contribution in [0, 0.1) is 0 Å². The van der Waals surface area contributed by atoms with E-state index in [9.17, 15) is 0 Å². The van der Waals surface area contributed by atoms with Crippen LogP contribution in [0.5, 0.6) is 0 Å². The van der Waals surface area contributed by atoms with Crippen molar-refractivity contribution in [3.8, 4) is 0 Å². The predicted molar refractivity (Wildman–Crippen MR) is 50.2 cm³/mol. The molecule has 1 aliphatic rings. The first kappa shape index (κ1) is 9.49. The Labute approximate surface area is 76.8 Å². The Kier molecular flexibility index (Phi) is 4.41. The van der Waals surface area contributed by atoms with Gasteiger partial charge in [-0.05, 0) is 19.8 Å². The highest BCUT2D eigenvalue weighted by molar-refractivity contribution is 9.09. The summed E-state index contributed by atoms with van der Waals surface area (Å²) in [5, 5.41) is 4.35. The SMILES string of the molecule is CC1CCC(CNCCBr)O1. The van der Waals surface area contributed by atoms with Crippen LogP contribution in [0.25, 0.3) is 0 Å². The first-order chi connectivity index (χ1) is 5.33. The number of ether oxygens (including phenoxy) is 1. The monoisotopic (exact) mass is 221 g/mol. The fraction of sp³-hybridized carbons (Fsp3) is 1.00. The fourth-order valence-electron chi connectivity index (χ4n) is 1.37. The molecule has 1 N–H and O–H groups in total. The normalized spacial score (nSPS) is 31.1. The minimum atomic E-state index is 0.462. The molecular formula is C8H16BrNO. The van der Waals surface area contributed by atoms with Gasteiger partial charge in [0.2, 0.25) is 0 Å². The lowest BCUT2D eigenvalue weighted by Crippen LogP contribution is -2.28. The highest BCUT2D eigenvalue weighted by Crippen LogP contribution is 2.17. The summed E-state index contributed by atoms with van der Waals surface area (Å²) < 4.78 is 5.63. The molecule has 2 nitrogen and oxygen atoms in total. The summed E-state index contributed by atoms with van der Waals surface area (Å²) in [4.78, 5) is 0. The minimum absolute atomic E-state index is 0.462. The third-order valence-electron chi connectivity index (χ3n) is 1.96. The van der Waals surface area contributed by atoms with Gasteiger partial charge in [-0.15, -0.1) is 0 Å². The molecule has 1 aliphatic heterocycles. The van der Waals surface area contributed by atoms with Crippen LogP contribution >= 0.6 is 15.9 Å². The molecule has 2 atom stereocenters. The first-order valence-corrected chi connectivity index (χ1v) is 5.37. The quantitative estimate of drug-likeness (QED) is 0.575. The molecule has 1 saturated heterocycles. The van der Waals surface area contributed by atoms with Gasteiger partial charge in [-0.3, -0.25) is 0 Å². The van der Waals surface area contributed by atoms with E-state index in [-0.39, 0.29) is 0 Å². The molecule has 0 aromatic heterocycles. The third kappa shape index (κ3) is 3.54. The van der Waals surface area contributed by atoms with Crippen LogP contribution in [0.2, 0.25) is 0 Å². The van der Waals surface area contributed by atoms with Gasteiger partial charge in [-0.2, -0.15) is 0 Å². The van der Waals surface area contributed by atoms with Gasteiger partial charge in [-0.25, -0.2) is 0 Å². The summed E-state index contributed by atoms with van der Waals surface area (Å²) in [6, 6.07) is 0. The fourth-order valence-corrected chi connectivity index (χ4v) is 1.65. The molecule has 0 amide bonds. The van der Waals surface area contributed by atoms with E-state index >= 15 is 0 Å². The van der Waals surface area contributed by atoms with Crippen molar-refractivity contribution >= 4 is 15.9 Å². The lowest BCUT2D eigenvalue weighted by molar-refractivity contribution is 0.0564. The summed E-state index contributed by atoms with van der Waals surface area (Å²) in [5.41, 5.74) is 0. The summed E-state index contributed by atoms with van der Waals surface area (Å²) >= 11 is 3.37. The molecule has 1 rings (SSSR count). The van der Waals surface area contributed by atoms with Crippen LogP contribution in [0.3, 0.4) is 0 Å². The van der Waals surface area contributed by atoms with E-state index in [0.717, 1.165) is 18.4 Å². The highest BCUT2D eigenvalue weighted by atomic mass is 79.9. The number of nitrogens with one attached hydrogen (secondary N) is 1. The van der Waals surface area contributed by atoms with Crippen molar-refractivity contribution in [3.63, 3.8) is 0 Å². The molecule has 66 valence electrons. The minimum Gasteiger partial charge on any atom is -0.374 e. The van der Waals surface area contributed by atoms with E-state index in [0.29, 0.717) is 12.2 Å². The zero-order valence-electron chi connectivity index (χ0n) is 6.98. The largest absolute Gasteiger partial charge is 0.374 e. The van der Waals surface area contributed by atoms with Gasteiger partial charge < -0.3 is 10.1 Å². The van der Waals surface area contributed by atoms with Crippen molar-refractivity contribution in [2.75, 3.05) is 18.4 Å². The van der Waals surface area contributed by atoms with Gasteiger partial charge >= 0.3 is 0 Å². The molecule has 0 spiro atoms. The molecule has 0 aliphatic carbocycles. The molecule has 2 unspecified atom stereocenters. The summed E-state index contributed by atoms with van der Waals surface area (Å²) in [7, 11) is 0. The Morgan fingerprint density at radius 1 is 1.55 bits per heavy atom. The molecule has 3 heteroatoms. The number of hydrogen-bond donors (Lipinski definition) is 1. The summed E-state index contributed by atoms with van der Waals surface area (Å²) in [5.74, 6) is 0. The van der Waals surface area contributed by atoms with Crippen molar-refractivity contribution in [1.29, 1.82) is 0 Å². The molecular weight excluding hydrogens is 206 g/mol. The molecule has 1 heterocycles. The number of rotatable bonds is 4. The van der Waals surface area contributed by atoms with Crippen molar-refractivity contribution in [1.82, 2.24) is 5.32 Å². The first-order valence-electron chi connectivity index (χ1n) is 4.25. The second kappa shape index (κ2) is 5.12. The lowest BCUT2D eigenvalue weighted by atomic mass is 10.2. The van der Waals surface area contributed by atoms with Crippen LogP contribution in [0.4, 0.5) is 0 Å². The average molecular weight is 222 g/mol. The van der Waals surface area contributed by atoms with Crippen molar-refractivity contribution in [2.24, 2.45) is 0 Å².